The molecule has 1 rings (SSSR count). The van der Waals surface area contributed by atoms with Crippen molar-refractivity contribution in [2.24, 2.45) is 0 Å². The lowest BCUT2D eigenvalue weighted by atomic mass is 10.1. The van der Waals surface area contributed by atoms with Crippen LogP contribution in [0, 0.1) is 29.3 Å². The standard InChI is InChI=1S/C8HF8/c9-2-1-3(10)6(12)4(5(2)11)8(15,16)7(13)14/h7H. The van der Waals surface area contributed by atoms with E-state index in [0.29, 0.717) is 0 Å². The molecule has 0 heterocycles. The highest BCUT2D eigenvalue weighted by Crippen LogP contribution is 2.38. The minimum absolute atomic E-state index is 0.797. The van der Waals surface area contributed by atoms with Crippen LogP contribution in [0.5, 0.6) is 0 Å². The predicted octanol–water partition coefficient (Wildman–Crippen LogP) is 3.40. The fourth-order valence-corrected chi connectivity index (χ4v) is 0.924. The van der Waals surface area contributed by atoms with E-state index in [1.807, 2.05) is 0 Å². The predicted molar refractivity (Wildman–Crippen MR) is 35.0 cm³/mol. The molecule has 1 radical (unpaired) electrons. The van der Waals surface area contributed by atoms with Gasteiger partial charge in [0.1, 0.15) is 5.56 Å². The summed E-state index contributed by atoms with van der Waals surface area (Å²) < 4.78 is 98.9. The van der Waals surface area contributed by atoms with E-state index >= 15 is 0 Å². The van der Waals surface area contributed by atoms with E-state index < -0.39 is 41.2 Å². The molecule has 0 nitrogen and oxygen atoms in total. The van der Waals surface area contributed by atoms with Crippen molar-refractivity contribution in [2.75, 3.05) is 0 Å². The van der Waals surface area contributed by atoms with E-state index in [1.54, 1.807) is 0 Å². The van der Waals surface area contributed by atoms with Crippen molar-refractivity contribution in [3.8, 4) is 0 Å². The molecule has 8 heteroatoms. The summed E-state index contributed by atoms with van der Waals surface area (Å²) in [4.78, 5) is 0. The molecule has 0 amide bonds. The quantitative estimate of drug-likeness (QED) is 0.556. The summed E-state index contributed by atoms with van der Waals surface area (Å²) in [6.07, 6.45) is -4.50. The zero-order valence-electron chi connectivity index (χ0n) is 7.10. The summed E-state index contributed by atoms with van der Waals surface area (Å²) in [5.74, 6) is -15.1. The molecule has 0 aliphatic carbocycles. The first-order valence-corrected chi connectivity index (χ1v) is 3.61. The summed E-state index contributed by atoms with van der Waals surface area (Å²) in [6.45, 7) is 0. The van der Waals surface area contributed by atoms with E-state index in [-0.39, 0.29) is 0 Å². The van der Waals surface area contributed by atoms with Crippen LogP contribution in [0.2, 0.25) is 0 Å². The smallest absolute Gasteiger partial charge is 0.203 e. The third-order valence-corrected chi connectivity index (χ3v) is 1.65. The first-order valence-electron chi connectivity index (χ1n) is 3.61. The third-order valence-electron chi connectivity index (χ3n) is 1.65. The van der Waals surface area contributed by atoms with Crippen LogP contribution in [0.1, 0.15) is 5.56 Å². The maximum absolute atomic E-state index is 12.7. The summed E-state index contributed by atoms with van der Waals surface area (Å²) >= 11 is 0. The van der Waals surface area contributed by atoms with Gasteiger partial charge in [-0.15, -0.1) is 0 Å². The van der Waals surface area contributed by atoms with Gasteiger partial charge in [0.25, 0.3) is 0 Å². The number of alkyl halides is 4. The highest BCUT2D eigenvalue weighted by molar-refractivity contribution is 5.26. The number of benzene rings is 1. The minimum Gasteiger partial charge on any atom is -0.203 e. The summed E-state index contributed by atoms with van der Waals surface area (Å²) in [5.41, 5.74) is -2.64. The van der Waals surface area contributed by atoms with Crippen molar-refractivity contribution in [1.29, 1.82) is 0 Å². The van der Waals surface area contributed by atoms with Gasteiger partial charge in [-0.2, -0.15) is 8.78 Å². The number of hydrogen-bond donors (Lipinski definition) is 0. The second kappa shape index (κ2) is 3.91. The van der Waals surface area contributed by atoms with Crippen LogP contribution in [-0.4, -0.2) is 6.43 Å². The molecule has 0 bridgehead atoms. The largest absolute Gasteiger partial charge is 0.338 e. The van der Waals surface area contributed by atoms with Crippen LogP contribution in [0.25, 0.3) is 0 Å². The second-order valence-electron chi connectivity index (χ2n) is 2.68. The molecule has 0 aliphatic heterocycles. The zero-order chi connectivity index (χ0) is 12.7. The molecule has 0 unspecified atom stereocenters. The Bertz CT molecular complexity index is 385. The molecule has 1 aromatic rings. The maximum Gasteiger partial charge on any atom is 0.338 e. The summed E-state index contributed by atoms with van der Waals surface area (Å²) in [6, 6.07) is 0.797. The monoisotopic (exact) mass is 249 g/mol. The van der Waals surface area contributed by atoms with Gasteiger partial charge >= 0.3 is 12.3 Å². The molecule has 0 fully saturated rings. The Hall–Kier alpha value is -1.34. The van der Waals surface area contributed by atoms with E-state index in [2.05, 4.69) is 0 Å². The van der Waals surface area contributed by atoms with Crippen molar-refractivity contribution in [2.45, 2.75) is 12.3 Å². The molecule has 0 spiro atoms. The molecule has 0 N–H and O–H groups in total. The Morgan fingerprint density at radius 3 is 1.56 bits per heavy atom. The molecule has 0 aromatic heterocycles. The van der Waals surface area contributed by atoms with Crippen LogP contribution >= 0.6 is 0 Å². The normalized spacial score (nSPS) is 12.3. The van der Waals surface area contributed by atoms with E-state index in [0.717, 1.165) is 6.07 Å². The van der Waals surface area contributed by atoms with Gasteiger partial charge in [-0.25, -0.2) is 26.3 Å². The third kappa shape index (κ3) is 1.83. The van der Waals surface area contributed by atoms with Crippen LogP contribution in [0.4, 0.5) is 35.1 Å². The number of halogens is 8. The Morgan fingerprint density at radius 1 is 0.875 bits per heavy atom. The lowest BCUT2D eigenvalue weighted by Gasteiger charge is -2.17. The summed E-state index contributed by atoms with van der Waals surface area (Å²) in [5, 5.41) is 0. The van der Waals surface area contributed by atoms with Crippen molar-refractivity contribution in [3.63, 3.8) is 0 Å². The highest BCUT2D eigenvalue weighted by Gasteiger charge is 2.48. The van der Waals surface area contributed by atoms with E-state index in [9.17, 15) is 35.1 Å². The molecule has 0 saturated heterocycles. The first kappa shape index (κ1) is 12.7. The molecule has 89 valence electrons. The molecule has 0 aliphatic rings. The topological polar surface area (TPSA) is 0 Å². The Morgan fingerprint density at radius 2 is 1.25 bits per heavy atom. The van der Waals surface area contributed by atoms with Gasteiger partial charge in [0.2, 0.25) is 0 Å². The van der Waals surface area contributed by atoms with Crippen LogP contribution in [0.15, 0.2) is 0 Å². The molecular weight excluding hydrogens is 248 g/mol. The average molecular weight is 249 g/mol. The minimum atomic E-state index is -5.33. The van der Waals surface area contributed by atoms with Crippen LogP contribution < -0.4 is 0 Å². The molecule has 0 atom stereocenters. The van der Waals surface area contributed by atoms with Crippen molar-refractivity contribution in [1.82, 2.24) is 0 Å². The molecule has 16 heavy (non-hydrogen) atoms. The van der Waals surface area contributed by atoms with Gasteiger partial charge < -0.3 is 0 Å². The van der Waals surface area contributed by atoms with Gasteiger partial charge in [0.05, 0.1) is 6.07 Å². The van der Waals surface area contributed by atoms with Crippen LogP contribution in [0.3, 0.4) is 0 Å². The highest BCUT2D eigenvalue weighted by atomic mass is 19.3. The van der Waals surface area contributed by atoms with E-state index in [1.165, 1.54) is 0 Å². The SMILES string of the molecule is Fc1[c]c(F)c(F)c(C(F)(F)C(F)F)c1F. The van der Waals surface area contributed by atoms with Gasteiger partial charge in [-0.1, -0.05) is 0 Å². The second-order valence-corrected chi connectivity index (χ2v) is 2.68. The Labute approximate surface area is 83.5 Å². The lowest BCUT2D eigenvalue weighted by Crippen LogP contribution is -2.27. The van der Waals surface area contributed by atoms with Crippen molar-refractivity contribution >= 4 is 0 Å². The fraction of sp³-hybridized carbons (Fsp3) is 0.250. The molecule has 1 aromatic carbocycles. The maximum atomic E-state index is 12.7. The number of rotatable bonds is 2. The summed E-state index contributed by atoms with van der Waals surface area (Å²) in [7, 11) is 0. The van der Waals surface area contributed by atoms with Crippen molar-refractivity contribution < 1.29 is 35.1 Å². The zero-order valence-corrected chi connectivity index (χ0v) is 7.10. The molecule has 0 saturated carbocycles. The van der Waals surface area contributed by atoms with E-state index in [4.69, 9.17) is 0 Å². The van der Waals surface area contributed by atoms with Gasteiger partial charge in [-0.05, 0) is 0 Å². The van der Waals surface area contributed by atoms with Crippen molar-refractivity contribution in [3.05, 3.63) is 34.9 Å². The van der Waals surface area contributed by atoms with Gasteiger partial charge in [0, 0.05) is 0 Å². The lowest BCUT2D eigenvalue weighted by molar-refractivity contribution is -0.139. The number of hydrogen-bond acceptors (Lipinski definition) is 0. The Balaban J connectivity index is 3.55. The van der Waals surface area contributed by atoms with Gasteiger partial charge in [0.15, 0.2) is 23.3 Å². The van der Waals surface area contributed by atoms with Crippen LogP contribution in [-0.2, 0) is 5.92 Å². The average Bonchev–Trinajstić information content (AvgIpc) is 2.14. The first-order chi connectivity index (χ1) is 7.19. The fourth-order valence-electron chi connectivity index (χ4n) is 0.924. The van der Waals surface area contributed by atoms with Gasteiger partial charge in [-0.3, -0.25) is 0 Å². The Kier molecular flexibility index (Phi) is 3.11. The molecular formula is C8HF8.